The molecule has 0 aliphatic heterocycles. The predicted molar refractivity (Wildman–Crippen MR) is 149 cm³/mol. The van der Waals surface area contributed by atoms with Crippen molar-refractivity contribution < 1.29 is 34.8 Å². The number of nitrogens with one attached hydrogen (secondary N) is 1. The molecule has 1 amide bonds. The van der Waals surface area contributed by atoms with E-state index in [0.29, 0.717) is 17.5 Å². The maximum Gasteiger partial charge on any atom is 0.255 e. The van der Waals surface area contributed by atoms with Gasteiger partial charge in [-0.05, 0) is 57.1 Å². The minimum atomic E-state index is -2.67. The molecule has 11 nitrogen and oxygen atoms in total. The number of anilines is 1. The number of fused-ring (bicyclic) bond motifs is 4. The van der Waals surface area contributed by atoms with Crippen LogP contribution in [0.3, 0.4) is 0 Å². The molecular weight excluding hydrogens is 516 g/mol. The molecule has 0 bridgehead atoms. The normalized spacial score (nSPS) is 26.2. The number of carbonyl (C=O) groups excluding carboxylic acids is 3. The van der Waals surface area contributed by atoms with Gasteiger partial charge in [-0.1, -0.05) is 12.1 Å². The van der Waals surface area contributed by atoms with Gasteiger partial charge in [0.15, 0.2) is 11.4 Å². The van der Waals surface area contributed by atoms with Gasteiger partial charge in [0.2, 0.25) is 5.78 Å². The van der Waals surface area contributed by atoms with E-state index in [1.165, 1.54) is 4.90 Å². The van der Waals surface area contributed by atoms with Crippen LogP contribution in [0.5, 0.6) is 5.75 Å². The van der Waals surface area contributed by atoms with Crippen LogP contribution in [-0.4, -0.2) is 89.7 Å². The second kappa shape index (κ2) is 9.33. The van der Waals surface area contributed by atoms with E-state index >= 15 is 0 Å². The number of phenolic OH excluding ortho intramolecular Hbond substituents is 1. The maximum absolute atomic E-state index is 14.1. The van der Waals surface area contributed by atoms with Crippen molar-refractivity contribution in [1.29, 1.82) is 0 Å². The number of aliphatic hydroxyl groups is 3. The topological polar surface area (TPSA) is 177 Å². The number of hydrogen-bond donors (Lipinski definition) is 6. The van der Waals surface area contributed by atoms with Crippen LogP contribution in [-0.2, 0) is 27.3 Å². The van der Waals surface area contributed by atoms with Gasteiger partial charge in [-0.15, -0.1) is 0 Å². The molecule has 2 aromatic rings. The summed E-state index contributed by atoms with van der Waals surface area (Å²) in [6.45, 7) is 0.547. The van der Waals surface area contributed by atoms with Crippen molar-refractivity contribution in [3.05, 3.63) is 51.8 Å². The summed E-state index contributed by atoms with van der Waals surface area (Å²) in [4.78, 5) is 42.9. The number of nitrogens with two attached hydrogens (primary N) is 1. The summed E-state index contributed by atoms with van der Waals surface area (Å²) in [5.41, 5.74) is 4.09. The fraction of sp³-hybridized carbons (Fsp3) is 0.414. The van der Waals surface area contributed by atoms with Crippen LogP contribution >= 0.6 is 0 Å². The van der Waals surface area contributed by atoms with Crippen molar-refractivity contribution in [2.24, 2.45) is 17.6 Å². The Morgan fingerprint density at radius 1 is 1.12 bits per heavy atom. The number of ketones is 2. The summed E-state index contributed by atoms with van der Waals surface area (Å²) in [6, 6.07) is 4.55. The molecule has 0 aromatic heterocycles. The summed E-state index contributed by atoms with van der Waals surface area (Å²) in [5.74, 6) is -6.63. The second-order valence-electron chi connectivity index (χ2n) is 11.3. The van der Waals surface area contributed by atoms with Gasteiger partial charge < -0.3 is 36.4 Å². The smallest absolute Gasteiger partial charge is 0.255 e. The minimum Gasteiger partial charge on any atom is -0.508 e. The van der Waals surface area contributed by atoms with Gasteiger partial charge in [0, 0.05) is 48.6 Å². The molecule has 3 aliphatic carbocycles. The SMILES string of the molecule is CNCc1ccc2c(N(C)C)c3c(c(O)c2c1)C(O)=C1C(=O)[C@]2(O)C(O)=C(C(N)=O)C(=O)[C@@H](N(C)C)[C@@H]2C[C@@H]1C3. The molecule has 5 rings (SSSR count). The van der Waals surface area contributed by atoms with Gasteiger partial charge in [0.1, 0.15) is 22.8 Å². The highest BCUT2D eigenvalue weighted by Crippen LogP contribution is 2.55. The summed E-state index contributed by atoms with van der Waals surface area (Å²) >= 11 is 0. The fourth-order valence-electron chi connectivity index (χ4n) is 6.96. The van der Waals surface area contributed by atoms with E-state index in [1.807, 2.05) is 37.2 Å². The number of benzene rings is 2. The summed E-state index contributed by atoms with van der Waals surface area (Å²) < 4.78 is 0. The average Bonchev–Trinajstić information content (AvgIpc) is 2.86. The van der Waals surface area contributed by atoms with Crippen molar-refractivity contribution in [2.75, 3.05) is 40.1 Å². The third-order valence-corrected chi connectivity index (χ3v) is 8.56. The zero-order valence-corrected chi connectivity index (χ0v) is 23.1. The predicted octanol–water partition coefficient (Wildman–Crippen LogP) is 0.903. The molecule has 0 radical (unpaired) electrons. The van der Waals surface area contributed by atoms with E-state index in [9.17, 15) is 34.8 Å². The molecular formula is C29H34N4O7. The molecule has 1 saturated carbocycles. The van der Waals surface area contributed by atoms with Crippen LogP contribution < -0.4 is 16.0 Å². The highest BCUT2D eigenvalue weighted by atomic mass is 16.3. The number of rotatable bonds is 5. The zero-order chi connectivity index (χ0) is 29.4. The number of hydrogen-bond acceptors (Lipinski definition) is 10. The van der Waals surface area contributed by atoms with Crippen molar-refractivity contribution in [3.63, 3.8) is 0 Å². The van der Waals surface area contributed by atoms with Gasteiger partial charge in [-0.2, -0.15) is 0 Å². The van der Waals surface area contributed by atoms with E-state index in [4.69, 9.17) is 5.73 Å². The maximum atomic E-state index is 14.1. The van der Waals surface area contributed by atoms with E-state index < -0.39 is 58.0 Å². The lowest BCUT2D eigenvalue weighted by Crippen LogP contribution is -2.65. The first-order valence-corrected chi connectivity index (χ1v) is 13.0. The Morgan fingerprint density at radius 2 is 1.80 bits per heavy atom. The average molecular weight is 551 g/mol. The van der Waals surface area contributed by atoms with Crippen molar-refractivity contribution in [3.8, 4) is 5.75 Å². The van der Waals surface area contributed by atoms with Crippen LogP contribution in [0, 0.1) is 11.8 Å². The Morgan fingerprint density at radius 3 is 2.38 bits per heavy atom. The first-order chi connectivity index (χ1) is 18.8. The van der Waals surface area contributed by atoms with Crippen LogP contribution in [0.1, 0.15) is 23.1 Å². The molecule has 0 spiro atoms. The second-order valence-corrected chi connectivity index (χ2v) is 11.3. The van der Waals surface area contributed by atoms with E-state index in [1.54, 1.807) is 21.1 Å². The molecule has 40 heavy (non-hydrogen) atoms. The molecule has 212 valence electrons. The van der Waals surface area contributed by atoms with Gasteiger partial charge in [-0.3, -0.25) is 19.3 Å². The molecule has 2 aromatic carbocycles. The number of amides is 1. The van der Waals surface area contributed by atoms with Gasteiger partial charge >= 0.3 is 0 Å². The Kier molecular flexibility index (Phi) is 6.44. The summed E-state index contributed by atoms with van der Waals surface area (Å²) in [5, 5.41) is 50.2. The monoisotopic (exact) mass is 550 g/mol. The first kappa shape index (κ1) is 27.6. The van der Waals surface area contributed by atoms with E-state index in [-0.39, 0.29) is 29.7 Å². The lowest BCUT2D eigenvalue weighted by molar-refractivity contribution is -0.153. The van der Waals surface area contributed by atoms with Crippen molar-refractivity contribution in [1.82, 2.24) is 10.2 Å². The van der Waals surface area contributed by atoms with Crippen LogP contribution in [0.2, 0.25) is 0 Å². The third-order valence-electron chi connectivity index (χ3n) is 8.56. The highest BCUT2D eigenvalue weighted by Gasteiger charge is 2.64. The van der Waals surface area contributed by atoms with Gasteiger partial charge in [-0.25, -0.2) is 0 Å². The van der Waals surface area contributed by atoms with Crippen molar-refractivity contribution in [2.45, 2.75) is 31.0 Å². The fourth-order valence-corrected chi connectivity index (χ4v) is 6.96. The molecule has 11 heteroatoms. The third kappa shape index (κ3) is 3.58. The van der Waals surface area contributed by atoms with E-state index in [2.05, 4.69) is 5.32 Å². The Balaban J connectivity index is 1.80. The number of carbonyl (C=O) groups is 3. The number of Topliss-reactive ketones (excluding diaryl/α,β-unsaturated/α-hetero) is 2. The van der Waals surface area contributed by atoms with E-state index in [0.717, 1.165) is 16.6 Å². The summed E-state index contributed by atoms with van der Waals surface area (Å²) in [6.07, 6.45) is 0.266. The molecule has 0 unspecified atom stereocenters. The number of primary amides is 1. The summed E-state index contributed by atoms with van der Waals surface area (Å²) in [7, 11) is 8.65. The molecule has 0 heterocycles. The largest absolute Gasteiger partial charge is 0.508 e. The van der Waals surface area contributed by atoms with Crippen molar-refractivity contribution >= 4 is 39.7 Å². The Labute approximate surface area is 231 Å². The van der Waals surface area contributed by atoms with Crippen LogP contribution in [0.4, 0.5) is 5.69 Å². The number of aliphatic hydroxyl groups excluding tert-OH is 2. The van der Waals surface area contributed by atoms with Gasteiger partial charge in [0.05, 0.1) is 11.6 Å². The first-order valence-electron chi connectivity index (χ1n) is 13.0. The Hall–Kier alpha value is -3.93. The standard InChI is InChI=1S/C29H34N4O7/c1-31-11-12-6-7-14-15(8-12)23(34)19-16(21(14)32(2)3)9-13-10-17-22(33(4)5)25(36)20(28(30)39)27(38)29(17,40)26(37)18(13)24(19)35/h6-8,13,17,22,31,34-35,38,40H,9-11H2,1-5H3,(H2,30,39)/t13-,17-,22-,29-/m0/s1. The van der Waals surface area contributed by atoms with Gasteiger partial charge in [0.25, 0.3) is 5.91 Å². The molecule has 3 aliphatic rings. The lowest BCUT2D eigenvalue weighted by atomic mass is 9.57. The Bertz CT molecular complexity index is 1560. The lowest BCUT2D eigenvalue weighted by Gasteiger charge is -2.50. The van der Waals surface area contributed by atoms with Crippen LogP contribution in [0.25, 0.3) is 16.5 Å². The molecule has 7 N–H and O–H groups in total. The minimum absolute atomic E-state index is 0.0402. The molecule has 4 atom stereocenters. The van der Waals surface area contributed by atoms with Crippen LogP contribution in [0.15, 0.2) is 35.1 Å². The number of nitrogens with zero attached hydrogens (tertiary/aromatic N) is 2. The zero-order valence-electron chi connectivity index (χ0n) is 23.1. The highest BCUT2D eigenvalue weighted by molar-refractivity contribution is 6.24. The quantitative estimate of drug-likeness (QED) is 0.293. The molecule has 0 saturated heterocycles. The molecule has 1 fully saturated rings. The number of phenols is 1. The number of likely N-dealkylation sites (N-methyl/N-ethyl adjacent to an activating group) is 1. The number of aromatic hydroxyl groups is 1.